The van der Waals surface area contributed by atoms with E-state index in [1.165, 1.54) is 0 Å². The van der Waals surface area contributed by atoms with Gasteiger partial charge in [0.05, 0.1) is 6.10 Å². The zero-order chi connectivity index (χ0) is 24.3. The minimum absolute atomic E-state index is 0.0137. The molecule has 0 saturated carbocycles. The number of ether oxygens (including phenoxy) is 1. The molecule has 0 bridgehead atoms. The summed E-state index contributed by atoms with van der Waals surface area (Å²) in [5, 5.41) is 20.9. The smallest absolute Gasteiger partial charge is 0.434 e. The molecule has 1 saturated heterocycles. The van der Waals surface area contributed by atoms with Crippen LogP contribution in [0.25, 0.3) is 0 Å². The van der Waals surface area contributed by atoms with E-state index >= 15 is 0 Å². The van der Waals surface area contributed by atoms with Crippen LogP contribution in [0.15, 0.2) is 4.99 Å². The molecule has 29 heavy (non-hydrogen) atoms. The van der Waals surface area contributed by atoms with Crippen molar-refractivity contribution in [1.29, 1.82) is 5.41 Å². The molecule has 11 nitrogen and oxygen atoms in total. The van der Waals surface area contributed by atoms with Crippen LogP contribution in [0, 0.1) is 5.41 Å². The van der Waals surface area contributed by atoms with E-state index in [2.05, 4.69) is 15.6 Å². The number of esters is 1. The first-order valence-corrected chi connectivity index (χ1v) is 9.63. The van der Waals surface area contributed by atoms with E-state index in [0.29, 0.717) is 12.8 Å². The lowest BCUT2D eigenvalue weighted by molar-refractivity contribution is -0.154. The summed E-state index contributed by atoms with van der Waals surface area (Å²) in [6.07, 6.45) is 2.24. The van der Waals surface area contributed by atoms with Crippen molar-refractivity contribution >= 4 is 29.9 Å². The first-order valence-electron chi connectivity index (χ1n) is 11.1. The summed E-state index contributed by atoms with van der Waals surface area (Å²) in [6.45, 7) is -1.51. The van der Waals surface area contributed by atoms with Crippen molar-refractivity contribution < 1.29 is 28.3 Å². The average Bonchev–Trinajstić information content (AvgIpc) is 2.63. The van der Waals surface area contributed by atoms with Crippen LogP contribution in [0.3, 0.4) is 0 Å². The molecule has 0 radical (unpaired) electrons. The van der Waals surface area contributed by atoms with Crippen molar-refractivity contribution in [3.63, 3.8) is 0 Å². The van der Waals surface area contributed by atoms with Crippen LogP contribution in [0.5, 0.6) is 0 Å². The van der Waals surface area contributed by atoms with Crippen LogP contribution in [-0.4, -0.2) is 59.1 Å². The maximum atomic E-state index is 12.8. The number of rotatable bonds is 1. The molecule has 1 aliphatic heterocycles. The van der Waals surface area contributed by atoms with E-state index in [1.54, 1.807) is 6.92 Å². The standard InChI is InChI=1S/C18H32N6O5/c1-12-10-8-6-4-3-5-7-9-11-13(25)21-17(23-18(27)28)24(2)14(15(26)29-12)22-16(19)20/h12,14H,3-11H2,1-2H3,(H,27,28)(H4,19,20,22)(H,21,23,25)/i2D3. The fourth-order valence-electron chi connectivity index (χ4n) is 2.84. The van der Waals surface area contributed by atoms with Gasteiger partial charge in [0.15, 0.2) is 5.96 Å². The first-order chi connectivity index (χ1) is 14.9. The number of hydrogen-bond donors (Lipinski definition) is 5. The first kappa shape index (κ1) is 19.5. The molecule has 164 valence electrons. The number of guanidine groups is 2. The van der Waals surface area contributed by atoms with Crippen molar-refractivity contribution in [2.24, 2.45) is 10.7 Å². The van der Waals surface area contributed by atoms with E-state index < -0.39 is 49.1 Å². The zero-order valence-electron chi connectivity index (χ0n) is 19.6. The molecule has 0 aromatic heterocycles. The van der Waals surface area contributed by atoms with E-state index in [0.717, 1.165) is 38.5 Å². The van der Waals surface area contributed by atoms with E-state index in [1.807, 2.05) is 0 Å². The summed E-state index contributed by atoms with van der Waals surface area (Å²) in [4.78, 5) is 39.9. The van der Waals surface area contributed by atoms with Crippen LogP contribution in [-0.2, 0) is 14.3 Å². The highest BCUT2D eigenvalue weighted by Crippen LogP contribution is 2.13. The van der Waals surface area contributed by atoms with Gasteiger partial charge in [0.25, 0.3) is 0 Å². The maximum absolute atomic E-state index is 12.8. The van der Waals surface area contributed by atoms with Crippen LogP contribution < -0.4 is 16.4 Å². The molecule has 0 aliphatic carbocycles. The van der Waals surface area contributed by atoms with Gasteiger partial charge in [-0.15, -0.1) is 4.99 Å². The summed E-state index contributed by atoms with van der Waals surface area (Å²) in [5.74, 6) is -3.43. The highest BCUT2D eigenvalue weighted by molar-refractivity contribution is 6.02. The third kappa shape index (κ3) is 9.77. The van der Waals surface area contributed by atoms with Gasteiger partial charge in [0.2, 0.25) is 18.0 Å². The number of likely N-dealkylation sites (N-methyl/N-ethyl adjacent to an activating group) is 1. The number of aliphatic imine (C=N–C) groups is 1. The van der Waals surface area contributed by atoms with Crippen molar-refractivity contribution in [2.75, 3.05) is 6.98 Å². The van der Waals surface area contributed by atoms with Gasteiger partial charge in [0, 0.05) is 17.5 Å². The summed E-state index contributed by atoms with van der Waals surface area (Å²) in [5.41, 5.74) is 5.33. The van der Waals surface area contributed by atoms with Crippen LogP contribution in [0.2, 0.25) is 0 Å². The highest BCUT2D eigenvalue weighted by Gasteiger charge is 2.30. The van der Waals surface area contributed by atoms with Crippen molar-refractivity contribution in [2.45, 2.75) is 77.0 Å². The molecule has 0 aromatic carbocycles. The Morgan fingerprint density at radius 1 is 1.31 bits per heavy atom. The predicted octanol–water partition coefficient (Wildman–Crippen LogP) is 1.33. The van der Waals surface area contributed by atoms with Gasteiger partial charge in [-0.1, -0.05) is 32.1 Å². The molecule has 2 unspecified atom stereocenters. The van der Waals surface area contributed by atoms with E-state index in [-0.39, 0.29) is 11.3 Å². The molecule has 6 N–H and O–H groups in total. The second kappa shape index (κ2) is 12.6. The molecule has 11 heteroatoms. The quantitative estimate of drug-likeness (QED) is 0.242. The Labute approximate surface area is 174 Å². The number of carbonyl (C=O) groups excluding carboxylic acids is 2. The second-order valence-corrected chi connectivity index (χ2v) is 6.86. The Kier molecular flexibility index (Phi) is 8.44. The summed E-state index contributed by atoms with van der Waals surface area (Å²) in [6, 6.07) is 0. The number of hydrogen-bond acceptors (Lipinski definition) is 5. The molecule has 2 amide bonds. The predicted molar refractivity (Wildman–Crippen MR) is 107 cm³/mol. The minimum Gasteiger partial charge on any atom is -0.463 e. The van der Waals surface area contributed by atoms with Crippen LogP contribution >= 0.6 is 0 Å². The molecule has 1 rings (SSSR count). The lowest BCUT2D eigenvalue weighted by atomic mass is 10.1. The van der Waals surface area contributed by atoms with Crippen LogP contribution in [0.1, 0.15) is 68.8 Å². The Bertz CT molecular complexity index is 716. The van der Waals surface area contributed by atoms with Crippen LogP contribution in [0.4, 0.5) is 4.79 Å². The number of carboxylic acid groups (broad SMARTS) is 1. The minimum atomic E-state index is -3.15. The fraction of sp³-hybridized carbons (Fsp3) is 0.722. The number of nitrogens with zero attached hydrogens (tertiary/aromatic N) is 2. The normalized spacial score (nSPS) is 26.9. The van der Waals surface area contributed by atoms with Gasteiger partial charge < -0.3 is 25.8 Å². The van der Waals surface area contributed by atoms with Crippen molar-refractivity contribution in [1.82, 2.24) is 15.5 Å². The van der Waals surface area contributed by atoms with Gasteiger partial charge >= 0.3 is 12.1 Å². The Balaban J connectivity index is 3.38. The molecule has 0 spiro atoms. The molecule has 1 fully saturated rings. The summed E-state index contributed by atoms with van der Waals surface area (Å²) < 4.78 is 28.8. The maximum Gasteiger partial charge on any atom is 0.434 e. The van der Waals surface area contributed by atoms with Crippen molar-refractivity contribution in [3.8, 4) is 0 Å². The molecular formula is C18H32N6O5. The number of carbonyl (C=O) groups is 3. The fourth-order valence-corrected chi connectivity index (χ4v) is 2.84. The summed E-state index contributed by atoms with van der Waals surface area (Å²) >= 11 is 0. The Morgan fingerprint density at radius 3 is 2.52 bits per heavy atom. The molecule has 2 atom stereocenters. The van der Waals surface area contributed by atoms with Crippen molar-refractivity contribution in [3.05, 3.63) is 0 Å². The topological polar surface area (TPSA) is 170 Å². The molecule has 1 aliphatic rings. The molecule has 0 aromatic rings. The van der Waals surface area contributed by atoms with E-state index in [9.17, 15) is 14.4 Å². The summed E-state index contributed by atoms with van der Waals surface area (Å²) in [7, 11) is 0. The lowest BCUT2D eigenvalue weighted by Gasteiger charge is -2.30. The Hall–Kier alpha value is -2.85. The highest BCUT2D eigenvalue weighted by atomic mass is 16.5. The van der Waals surface area contributed by atoms with Gasteiger partial charge in [0.1, 0.15) is 0 Å². The largest absolute Gasteiger partial charge is 0.463 e. The number of nitrogens with two attached hydrogens (primary N) is 1. The second-order valence-electron chi connectivity index (χ2n) is 6.86. The molecular weight excluding hydrogens is 380 g/mol. The van der Waals surface area contributed by atoms with E-state index in [4.69, 9.17) is 25.1 Å². The molecule has 1 heterocycles. The van der Waals surface area contributed by atoms with Gasteiger partial charge in [-0.2, -0.15) is 0 Å². The third-order valence-electron chi connectivity index (χ3n) is 4.29. The lowest BCUT2D eigenvalue weighted by Crippen LogP contribution is -2.59. The number of amides is 2. The number of cyclic esters (lactones) is 1. The zero-order valence-corrected chi connectivity index (χ0v) is 16.6. The van der Waals surface area contributed by atoms with Gasteiger partial charge in [-0.05, 0) is 26.2 Å². The number of nitrogens with one attached hydrogen (secondary N) is 3. The van der Waals surface area contributed by atoms with Gasteiger partial charge in [-0.3, -0.25) is 15.5 Å². The average molecular weight is 416 g/mol. The Morgan fingerprint density at radius 2 is 1.93 bits per heavy atom. The SMILES string of the molecule is [2H]C([2H])([2H])N1/C(=N\C(=O)O)NC(=O)CCCCCCCCCC(C)OC(=O)C1NC(=N)N. The monoisotopic (exact) mass is 415 g/mol. The third-order valence-corrected chi connectivity index (χ3v) is 4.29. The van der Waals surface area contributed by atoms with Gasteiger partial charge in [-0.25, -0.2) is 9.59 Å².